The fraction of sp³-hybridized carbons (Fsp3) is 0.368. The molecule has 3 rings (SSSR count). The van der Waals surface area contributed by atoms with Crippen LogP contribution in [0, 0.1) is 0 Å². The van der Waals surface area contributed by atoms with E-state index in [9.17, 15) is 9.59 Å². The van der Waals surface area contributed by atoms with Gasteiger partial charge in [0.05, 0.1) is 6.10 Å². The van der Waals surface area contributed by atoms with Gasteiger partial charge in [0.25, 0.3) is 11.5 Å². The zero-order chi connectivity index (χ0) is 16.9. The first kappa shape index (κ1) is 16.5. The lowest BCUT2D eigenvalue weighted by Gasteiger charge is -2.28. The number of methoxy groups -OCH3 is 1. The van der Waals surface area contributed by atoms with E-state index in [1.54, 1.807) is 19.2 Å². The lowest BCUT2D eigenvalue weighted by Crippen LogP contribution is -2.40. The Morgan fingerprint density at radius 2 is 1.79 bits per heavy atom. The maximum absolute atomic E-state index is 12.4. The smallest absolute Gasteiger partial charge is 0.261 e. The fourth-order valence-electron chi connectivity index (χ4n) is 3.14. The van der Waals surface area contributed by atoms with Gasteiger partial charge >= 0.3 is 0 Å². The number of aromatic amines is 1. The van der Waals surface area contributed by atoms with Crippen molar-refractivity contribution in [2.75, 3.05) is 7.11 Å². The van der Waals surface area contributed by atoms with Crippen LogP contribution in [0.2, 0.25) is 0 Å². The summed E-state index contributed by atoms with van der Waals surface area (Å²) in [5.74, 6) is -0.309. The molecule has 0 bridgehead atoms. The average Bonchev–Trinajstić information content (AvgIpc) is 2.63. The second kappa shape index (κ2) is 7.45. The minimum Gasteiger partial charge on any atom is -0.381 e. The Morgan fingerprint density at radius 3 is 2.42 bits per heavy atom. The number of hydrogen-bond acceptors (Lipinski definition) is 3. The van der Waals surface area contributed by atoms with Crippen LogP contribution in [0.1, 0.15) is 36.0 Å². The standard InChI is InChI=1S/C19H22N2O3/c1-24-15-9-7-14(8-10-15)20-18(22)16-11-12-17(21-19(16)23)13-5-3-2-4-6-13/h2-6,11-12,14-15H,7-10H2,1H3,(H,20,22)(H,21,23). The summed E-state index contributed by atoms with van der Waals surface area (Å²) in [6.07, 6.45) is 3.91. The molecule has 5 nitrogen and oxygen atoms in total. The molecule has 1 amide bonds. The summed E-state index contributed by atoms with van der Waals surface area (Å²) in [5, 5.41) is 2.97. The van der Waals surface area contributed by atoms with E-state index in [4.69, 9.17) is 4.74 Å². The van der Waals surface area contributed by atoms with Crippen LogP contribution in [0.25, 0.3) is 11.3 Å². The Kier molecular flexibility index (Phi) is 5.11. The normalized spacial score (nSPS) is 20.5. The summed E-state index contributed by atoms with van der Waals surface area (Å²) in [7, 11) is 1.72. The lowest BCUT2D eigenvalue weighted by atomic mass is 9.93. The third kappa shape index (κ3) is 3.74. The number of amides is 1. The van der Waals surface area contributed by atoms with Gasteiger partial charge in [0.2, 0.25) is 0 Å². The van der Waals surface area contributed by atoms with Gasteiger partial charge in [0.15, 0.2) is 0 Å². The van der Waals surface area contributed by atoms with E-state index >= 15 is 0 Å². The first-order chi connectivity index (χ1) is 11.7. The van der Waals surface area contributed by atoms with Crippen LogP contribution in [0.4, 0.5) is 0 Å². The van der Waals surface area contributed by atoms with Gasteiger partial charge in [0.1, 0.15) is 5.56 Å². The highest BCUT2D eigenvalue weighted by Gasteiger charge is 2.23. The van der Waals surface area contributed by atoms with E-state index in [0.29, 0.717) is 5.69 Å². The SMILES string of the molecule is COC1CCC(NC(=O)c2ccc(-c3ccccc3)[nH]c2=O)CC1. The lowest BCUT2D eigenvalue weighted by molar-refractivity contribution is 0.0599. The highest BCUT2D eigenvalue weighted by atomic mass is 16.5. The monoisotopic (exact) mass is 326 g/mol. The Hall–Kier alpha value is -2.40. The first-order valence-corrected chi connectivity index (χ1v) is 8.30. The maximum atomic E-state index is 12.4. The topological polar surface area (TPSA) is 71.2 Å². The van der Waals surface area contributed by atoms with Gasteiger partial charge in [0, 0.05) is 18.8 Å². The Labute approximate surface area is 141 Å². The first-order valence-electron chi connectivity index (χ1n) is 8.30. The van der Waals surface area contributed by atoms with Gasteiger partial charge in [-0.25, -0.2) is 0 Å². The van der Waals surface area contributed by atoms with Crippen molar-refractivity contribution in [3.63, 3.8) is 0 Å². The van der Waals surface area contributed by atoms with Crippen LogP contribution < -0.4 is 10.9 Å². The molecule has 24 heavy (non-hydrogen) atoms. The number of H-pyrrole nitrogens is 1. The number of pyridine rings is 1. The Balaban J connectivity index is 1.69. The number of carbonyl (C=O) groups is 1. The minimum absolute atomic E-state index is 0.108. The molecule has 0 aliphatic heterocycles. The quantitative estimate of drug-likeness (QED) is 0.907. The predicted molar refractivity (Wildman–Crippen MR) is 93.0 cm³/mol. The summed E-state index contributed by atoms with van der Waals surface area (Å²) in [6, 6.07) is 13.0. The molecule has 1 aromatic carbocycles. The number of ether oxygens (including phenoxy) is 1. The van der Waals surface area contributed by atoms with E-state index < -0.39 is 0 Å². The van der Waals surface area contributed by atoms with Gasteiger partial charge in [-0.05, 0) is 43.4 Å². The molecule has 0 radical (unpaired) electrons. The number of carbonyl (C=O) groups excluding carboxylic acids is 1. The van der Waals surface area contributed by atoms with Crippen LogP contribution in [0.15, 0.2) is 47.3 Å². The van der Waals surface area contributed by atoms with Gasteiger partial charge in [-0.1, -0.05) is 30.3 Å². The Bertz CT molecular complexity index is 747. The van der Waals surface area contributed by atoms with Crippen LogP contribution in [-0.4, -0.2) is 30.1 Å². The number of aromatic nitrogens is 1. The zero-order valence-corrected chi connectivity index (χ0v) is 13.7. The van der Waals surface area contributed by atoms with Gasteiger partial charge < -0.3 is 15.0 Å². The number of rotatable bonds is 4. The molecule has 126 valence electrons. The number of hydrogen-bond donors (Lipinski definition) is 2. The molecule has 0 atom stereocenters. The highest BCUT2D eigenvalue weighted by molar-refractivity contribution is 5.94. The van der Waals surface area contributed by atoms with Crippen molar-refractivity contribution >= 4 is 5.91 Å². The molecule has 0 unspecified atom stereocenters. The molecule has 1 aliphatic rings. The molecule has 2 aromatic rings. The molecule has 0 spiro atoms. The third-order valence-corrected chi connectivity index (χ3v) is 4.58. The third-order valence-electron chi connectivity index (χ3n) is 4.58. The molecule has 2 N–H and O–H groups in total. The molecule has 5 heteroatoms. The van der Waals surface area contributed by atoms with Crippen LogP contribution in [-0.2, 0) is 4.74 Å². The van der Waals surface area contributed by atoms with Crippen LogP contribution in [0.3, 0.4) is 0 Å². The molecule has 1 aliphatic carbocycles. The molecular weight excluding hydrogens is 304 g/mol. The molecule has 1 heterocycles. The maximum Gasteiger partial charge on any atom is 0.261 e. The summed E-state index contributed by atoms with van der Waals surface area (Å²) >= 11 is 0. The molecular formula is C19H22N2O3. The van der Waals surface area contributed by atoms with Gasteiger partial charge in [-0.3, -0.25) is 9.59 Å². The molecule has 1 fully saturated rings. The molecule has 1 aromatic heterocycles. The van der Waals surface area contributed by atoms with Gasteiger partial charge in [-0.2, -0.15) is 0 Å². The van der Waals surface area contributed by atoms with Crippen molar-refractivity contribution < 1.29 is 9.53 Å². The second-order valence-electron chi connectivity index (χ2n) is 6.16. The number of benzene rings is 1. The predicted octanol–water partition coefficient (Wildman–Crippen LogP) is 2.73. The molecule has 0 saturated heterocycles. The van der Waals surface area contributed by atoms with E-state index in [2.05, 4.69) is 10.3 Å². The van der Waals surface area contributed by atoms with Crippen molar-refractivity contribution in [1.82, 2.24) is 10.3 Å². The van der Waals surface area contributed by atoms with Crippen LogP contribution >= 0.6 is 0 Å². The largest absolute Gasteiger partial charge is 0.381 e. The zero-order valence-electron chi connectivity index (χ0n) is 13.7. The van der Waals surface area contributed by atoms with Crippen molar-refractivity contribution in [2.24, 2.45) is 0 Å². The van der Waals surface area contributed by atoms with Crippen molar-refractivity contribution in [2.45, 2.75) is 37.8 Å². The highest BCUT2D eigenvalue weighted by Crippen LogP contribution is 2.21. The van der Waals surface area contributed by atoms with E-state index in [-0.39, 0.29) is 29.2 Å². The number of nitrogens with one attached hydrogen (secondary N) is 2. The van der Waals surface area contributed by atoms with E-state index in [1.807, 2.05) is 30.3 Å². The fourth-order valence-corrected chi connectivity index (χ4v) is 3.14. The van der Waals surface area contributed by atoms with Crippen molar-refractivity contribution in [3.05, 3.63) is 58.4 Å². The average molecular weight is 326 g/mol. The van der Waals surface area contributed by atoms with Crippen molar-refractivity contribution in [3.8, 4) is 11.3 Å². The minimum atomic E-state index is -0.362. The summed E-state index contributed by atoms with van der Waals surface area (Å²) < 4.78 is 5.34. The van der Waals surface area contributed by atoms with Gasteiger partial charge in [-0.15, -0.1) is 0 Å². The van der Waals surface area contributed by atoms with Crippen LogP contribution in [0.5, 0.6) is 0 Å². The van der Waals surface area contributed by atoms with E-state index in [1.165, 1.54) is 0 Å². The summed E-state index contributed by atoms with van der Waals surface area (Å²) in [6.45, 7) is 0. The van der Waals surface area contributed by atoms with E-state index in [0.717, 1.165) is 31.2 Å². The van der Waals surface area contributed by atoms with Crippen molar-refractivity contribution in [1.29, 1.82) is 0 Å². The Morgan fingerprint density at radius 1 is 1.08 bits per heavy atom. The second-order valence-corrected chi connectivity index (χ2v) is 6.16. The summed E-state index contributed by atoms with van der Waals surface area (Å²) in [4.78, 5) is 27.4. The molecule has 1 saturated carbocycles. The summed E-state index contributed by atoms with van der Waals surface area (Å²) in [5.41, 5.74) is 1.42.